The quantitative estimate of drug-likeness (QED) is 0.486. The maximum atomic E-state index is 8.81. The summed E-state index contributed by atoms with van der Waals surface area (Å²) in [5.74, 6) is 0.347. The molecule has 0 radical (unpaired) electrons. The molecule has 0 fully saturated rings. The van der Waals surface area contributed by atoms with Crippen LogP contribution in [0.3, 0.4) is 0 Å². The zero-order valence-electron chi connectivity index (χ0n) is 4.51. The van der Waals surface area contributed by atoms with E-state index in [2.05, 4.69) is 5.32 Å². The van der Waals surface area contributed by atoms with Crippen LogP contribution in [0.2, 0.25) is 0 Å². The smallest absolute Gasteiger partial charge is 0.119 e. The Morgan fingerprint density at radius 3 is 2.88 bits per heavy atom. The van der Waals surface area contributed by atoms with Crippen LogP contribution in [-0.2, 0) is 0 Å². The number of rotatable bonds is 0. The van der Waals surface area contributed by atoms with E-state index >= 15 is 0 Å². The van der Waals surface area contributed by atoms with Gasteiger partial charge in [0.05, 0.1) is 0 Å². The predicted octanol–water partition coefficient (Wildman–Crippen LogP) is 1.54. The average Bonchev–Trinajstić information content (AvgIpc) is 2.12. The van der Waals surface area contributed by atoms with Crippen molar-refractivity contribution in [3.8, 4) is 0 Å². The molecule has 1 aliphatic heterocycles. The number of hydrogen-bond acceptors (Lipinski definition) is 3. The van der Waals surface area contributed by atoms with Gasteiger partial charge in [-0.1, -0.05) is 11.8 Å². The van der Waals surface area contributed by atoms with E-state index in [1.54, 1.807) is 13.1 Å². The Hall–Kier alpha value is -0.570. The van der Waals surface area contributed by atoms with E-state index in [9.17, 15) is 0 Å². The molecule has 0 unspecified atom stereocenters. The minimum Gasteiger partial charge on any atom is -0.510 e. The molecule has 44 valence electrons. The van der Waals surface area contributed by atoms with E-state index in [1.165, 1.54) is 11.8 Å². The van der Waals surface area contributed by atoms with Gasteiger partial charge in [0.1, 0.15) is 10.8 Å². The van der Waals surface area contributed by atoms with Crippen molar-refractivity contribution in [1.82, 2.24) is 5.32 Å². The highest BCUT2D eigenvalue weighted by Gasteiger charge is 2.01. The molecule has 0 atom stereocenters. The first-order valence-electron chi connectivity index (χ1n) is 2.29. The summed E-state index contributed by atoms with van der Waals surface area (Å²) in [6.45, 7) is 1.66. The molecule has 2 N–H and O–H groups in total. The monoisotopic (exact) mass is 129 g/mol. The third kappa shape index (κ3) is 0.980. The van der Waals surface area contributed by atoms with Gasteiger partial charge in [0.2, 0.25) is 0 Å². The summed E-state index contributed by atoms with van der Waals surface area (Å²) in [6.07, 6.45) is 1.79. The van der Waals surface area contributed by atoms with Crippen LogP contribution in [0.25, 0.3) is 0 Å². The first kappa shape index (κ1) is 5.56. The first-order chi connectivity index (χ1) is 3.80. The maximum Gasteiger partial charge on any atom is 0.119 e. The number of thioether (sulfide) groups is 1. The van der Waals surface area contributed by atoms with E-state index in [0.29, 0.717) is 5.76 Å². The Bertz CT molecular complexity index is 137. The molecule has 0 spiro atoms. The minimum absolute atomic E-state index is 0.347. The highest BCUT2D eigenvalue weighted by molar-refractivity contribution is 8.06. The van der Waals surface area contributed by atoms with Gasteiger partial charge in [0.15, 0.2) is 0 Å². The van der Waals surface area contributed by atoms with E-state index in [1.807, 2.05) is 5.41 Å². The lowest BCUT2D eigenvalue weighted by Gasteiger charge is -1.95. The summed E-state index contributed by atoms with van der Waals surface area (Å²) in [4.78, 5) is 0. The summed E-state index contributed by atoms with van der Waals surface area (Å²) in [5, 5.41) is 14.4. The molecule has 0 aromatic carbocycles. The number of aliphatic hydroxyl groups is 1. The summed E-state index contributed by atoms with van der Waals surface area (Å²) < 4.78 is 0. The summed E-state index contributed by atoms with van der Waals surface area (Å²) >= 11 is 1.49. The lowest BCUT2D eigenvalue weighted by Crippen LogP contribution is -1.97. The molecule has 1 rings (SSSR count). The maximum absolute atomic E-state index is 8.81. The molecule has 0 aliphatic carbocycles. The molecule has 0 aromatic rings. The fourth-order valence-electron chi connectivity index (χ4n) is 0.436. The summed E-state index contributed by atoms with van der Waals surface area (Å²) in [7, 11) is 0. The van der Waals surface area contributed by atoms with Crippen molar-refractivity contribution in [3.63, 3.8) is 0 Å². The Morgan fingerprint density at radius 2 is 2.62 bits per heavy atom. The molecule has 0 amide bonds. The summed E-state index contributed by atoms with van der Waals surface area (Å²) in [6, 6.07) is 0. The van der Waals surface area contributed by atoms with Crippen LogP contribution in [0.15, 0.2) is 22.4 Å². The normalized spacial score (nSPS) is 23.1. The van der Waals surface area contributed by atoms with Gasteiger partial charge in [0.25, 0.3) is 0 Å². The summed E-state index contributed by atoms with van der Waals surface area (Å²) in [5.41, 5.74) is 0. The van der Waals surface area contributed by atoms with Gasteiger partial charge in [-0.25, -0.2) is 0 Å². The number of nitrogens with one attached hydrogen (secondary N) is 1. The molecule has 2 nitrogen and oxygen atoms in total. The fourth-order valence-corrected chi connectivity index (χ4v) is 1.01. The molecular formula is C5H7NOS. The van der Waals surface area contributed by atoms with Crippen molar-refractivity contribution in [2.75, 3.05) is 0 Å². The van der Waals surface area contributed by atoms with Gasteiger partial charge in [-0.2, -0.15) is 0 Å². The zero-order valence-corrected chi connectivity index (χ0v) is 5.33. The molecule has 1 aliphatic rings. The Balaban J connectivity index is 2.64. The van der Waals surface area contributed by atoms with Crippen LogP contribution < -0.4 is 5.32 Å². The number of aliphatic hydroxyl groups excluding tert-OH is 1. The van der Waals surface area contributed by atoms with Gasteiger partial charge in [-0.15, -0.1) is 0 Å². The average molecular weight is 129 g/mol. The molecular weight excluding hydrogens is 122 g/mol. The Labute approximate surface area is 52.3 Å². The van der Waals surface area contributed by atoms with Crippen LogP contribution in [0.5, 0.6) is 0 Å². The van der Waals surface area contributed by atoms with Crippen LogP contribution in [0.4, 0.5) is 0 Å². The van der Waals surface area contributed by atoms with Crippen LogP contribution >= 0.6 is 11.8 Å². The molecule has 3 heteroatoms. The molecule has 0 saturated heterocycles. The molecule has 1 heterocycles. The fraction of sp³-hybridized carbons (Fsp3) is 0.200. The lowest BCUT2D eigenvalue weighted by atomic mass is 10.6. The second kappa shape index (κ2) is 2.13. The molecule has 0 saturated carbocycles. The van der Waals surface area contributed by atoms with E-state index in [4.69, 9.17) is 5.11 Å². The van der Waals surface area contributed by atoms with Crippen LogP contribution in [0, 0.1) is 0 Å². The third-order valence-corrected chi connectivity index (χ3v) is 1.72. The lowest BCUT2D eigenvalue weighted by molar-refractivity contribution is 0.409. The first-order valence-corrected chi connectivity index (χ1v) is 3.17. The van der Waals surface area contributed by atoms with Gasteiger partial charge < -0.3 is 10.4 Å². The van der Waals surface area contributed by atoms with Crippen LogP contribution in [0.1, 0.15) is 6.92 Å². The number of hydrogen-bond donors (Lipinski definition) is 2. The van der Waals surface area contributed by atoms with Crippen molar-refractivity contribution >= 4 is 11.8 Å². The van der Waals surface area contributed by atoms with Crippen LogP contribution in [-0.4, -0.2) is 5.11 Å². The molecule has 0 bridgehead atoms. The predicted molar refractivity (Wildman–Crippen MR) is 35.2 cm³/mol. The van der Waals surface area contributed by atoms with Gasteiger partial charge in [-0.3, -0.25) is 0 Å². The van der Waals surface area contributed by atoms with E-state index in [0.717, 1.165) is 5.03 Å². The largest absolute Gasteiger partial charge is 0.510 e. The standard InChI is InChI=1S/C5H7NOS/c1-4(7)5-6-2-3-8-5/h2-3,6-7H,1H3/b5-4+. The molecule has 8 heavy (non-hydrogen) atoms. The van der Waals surface area contributed by atoms with Crippen molar-refractivity contribution in [2.24, 2.45) is 0 Å². The van der Waals surface area contributed by atoms with E-state index in [-0.39, 0.29) is 0 Å². The second-order valence-corrected chi connectivity index (χ2v) is 2.40. The highest BCUT2D eigenvalue weighted by Crippen LogP contribution is 2.20. The third-order valence-electron chi connectivity index (χ3n) is 0.797. The second-order valence-electron chi connectivity index (χ2n) is 1.48. The zero-order chi connectivity index (χ0) is 5.98. The van der Waals surface area contributed by atoms with Crippen molar-refractivity contribution in [1.29, 1.82) is 0 Å². The minimum atomic E-state index is 0.347. The topological polar surface area (TPSA) is 32.3 Å². The van der Waals surface area contributed by atoms with Crippen molar-refractivity contribution < 1.29 is 5.11 Å². The van der Waals surface area contributed by atoms with Gasteiger partial charge in [0, 0.05) is 6.20 Å². The number of allylic oxidation sites excluding steroid dienone is 1. The highest BCUT2D eigenvalue weighted by atomic mass is 32.2. The Kier molecular flexibility index (Phi) is 1.48. The van der Waals surface area contributed by atoms with Gasteiger partial charge >= 0.3 is 0 Å². The van der Waals surface area contributed by atoms with Crippen molar-refractivity contribution in [2.45, 2.75) is 6.92 Å². The SMILES string of the molecule is C/C(O)=C1/NC=CS1. The van der Waals surface area contributed by atoms with Crippen molar-refractivity contribution in [3.05, 3.63) is 22.4 Å². The molecule has 0 aromatic heterocycles. The van der Waals surface area contributed by atoms with Gasteiger partial charge in [-0.05, 0) is 12.3 Å². The van der Waals surface area contributed by atoms with E-state index < -0.39 is 0 Å². The Morgan fingerprint density at radius 1 is 1.88 bits per heavy atom.